The van der Waals surface area contributed by atoms with Gasteiger partial charge in [0.15, 0.2) is 5.76 Å². The number of anilines is 2. The molecule has 1 unspecified atom stereocenters. The van der Waals surface area contributed by atoms with E-state index in [0.29, 0.717) is 28.1 Å². The molecule has 1 atom stereocenters. The standard InChI is InChI=1S/C19H15Cl2N3O2/c1-10(23-13-3-5-16-11(6-13)7-18(25)24-16)19-22-9-17(26-19)14-4-2-12(20)8-15(14)21/h2-6,8-10,23H,7H2,1H3,(H,24,25). The summed E-state index contributed by atoms with van der Waals surface area (Å²) in [5.74, 6) is 1.14. The molecule has 4 rings (SSSR count). The van der Waals surface area contributed by atoms with Gasteiger partial charge in [-0.1, -0.05) is 23.2 Å². The number of amides is 1. The molecule has 0 radical (unpaired) electrons. The van der Waals surface area contributed by atoms with E-state index in [1.54, 1.807) is 24.4 Å². The molecule has 1 aliphatic heterocycles. The third-order valence-electron chi connectivity index (χ3n) is 4.20. The number of rotatable bonds is 4. The smallest absolute Gasteiger partial charge is 0.228 e. The topological polar surface area (TPSA) is 67.2 Å². The van der Waals surface area contributed by atoms with Gasteiger partial charge in [-0.15, -0.1) is 0 Å². The van der Waals surface area contributed by atoms with Crippen molar-refractivity contribution in [3.63, 3.8) is 0 Å². The Kier molecular flexibility index (Phi) is 4.34. The van der Waals surface area contributed by atoms with Crippen molar-refractivity contribution < 1.29 is 9.21 Å². The van der Waals surface area contributed by atoms with Gasteiger partial charge in [0.1, 0.15) is 6.04 Å². The molecule has 1 aromatic heterocycles. The maximum atomic E-state index is 11.5. The molecule has 2 N–H and O–H groups in total. The minimum absolute atomic E-state index is 0.0161. The van der Waals surface area contributed by atoms with Crippen LogP contribution in [-0.4, -0.2) is 10.9 Å². The molecule has 5 nitrogen and oxygen atoms in total. The van der Waals surface area contributed by atoms with E-state index in [1.807, 2.05) is 25.1 Å². The van der Waals surface area contributed by atoms with Crippen LogP contribution in [0.3, 0.4) is 0 Å². The summed E-state index contributed by atoms with van der Waals surface area (Å²) in [4.78, 5) is 15.8. The second kappa shape index (κ2) is 6.67. The zero-order valence-electron chi connectivity index (χ0n) is 13.8. The molecule has 3 aromatic rings. The maximum absolute atomic E-state index is 11.5. The Morgan fingerprint density at radius 2 is 2.08 bits per heavy atom. The number of nitrogens with one attached hydrogen (secondary N) is 2. The van der Waals surface area contributed by atoms with E-state index >= 15 is 0 Å². The van der Waals surface area contributed by atoms with E-state index in [2.05, 4.69) is 15.6 Å². The minimum atomic E-state index is -0.155. The summed E-state index contributed by atoms with van der Waals surface area (Å²) in [6.45, 7) is 1.95. The molecule has 26 heavy (non-hydrogen) atoms. The number of aromatic nitrogens is 1. The highest BCUT2D eigenvalue weighted by molar-refractivity contribution is 6.36. The monoisotopic (exact) mass is 387 g/mol. The zero-order chi connectivity index (χ0) is 18.3. The van der Waals surface area contributed by atoms with Gasteiger partial charge in [-0.25, -0.2) is 4.98 Å². The SMILES string of the molecule is CC(Nc1ccc2c(c1)CC(=O)N2)c1ncc(-c2ccc(Cl)cc2Cl)o1. The molecule has 0 aliphatic carbocycles. The first-order valence-corrected chi connectivity index (χ1v) is 8.85. The molecule has 1 aliphatic rings. The fraction of sp³-hybridized carbons (Fsp3) is 0.158. The Morgan fingerprint density at radius 1 is 1.23 bits per heavy atom. The van der Waals surface area contributed by atoms with E-state index in [-0.39, 0.29) is 11.9 Å². The molecule has 0 saturated heterocycles. The molecule has 0 bridgehead atoms. The molecule has 0 saturated carbocycles. The van der Waals surface area contributed by atoms with Gasteiger partial charge >= 0.3 is 0 Å². The van der Waals surface area contributed by atoms with Crippen LogP contribution in [0.25, 0.3) is 11.3 Å². The number of hydrogen-bond donors (Lipinski definition) is 2. The van der Waals surface area contributed by atoms with Crippen LogP contribution in [0.4, 0.5) is 11.4 Å². The fourth-order valence-corrected chi connectivity index (χ4v) is 3.43. The van der Waals surface area contributed by atoms with Crippen LogP contribution in [0.1, 0.15) is 24.4 Å². The second-order valence-corrected chi connectivity index (χ2v) is 6.99. The lowest BCUT2D eigenvalue weighted by molar-refractivity contribution is -0.115. The summed E-state index contributed by atoms with van der Waals surface area (Å²) < 4.78 is 5.87. The quantitative estimate of drug-likeness (QED) is 0.635. The highest BCUT2D eigenvalue weighted by Crippen LogP contribution is 2.33. The van der Waals surface area contributed by atoms with Crippen molar-refractivity contribution >= 4 is 40.5 Å². The Labute approximate surface area is 160 Å². The summed E-state index contributed by atoms with van der Waals surface area (Å²) in [6.07, 6.45) is 2.05. The van der Waals surface area contributed by atoms with Crippen molar-refractivity contribution in [2.24, 2.45) is 0 Å². The van der Waals surface area contributed by atoms with Crippen LogP contribution >= 0.6 is 23.2 Å². The van der Waals surface area contributed by atoms with Gasteiger partial charge < -0.3 is 15.1 Å². The van der Waals surface area contributed by atoms with Gasteiger partial charge in [0, 0.05) is 22.0 Å². The molecule has 0 spiro atoms. The maximum Gasteiger partial charge on any atom is 0.228 e. The number of oxazole rings is 1. The van der Waals surface area contributed by atoms with Crippen LogP contribution in [0.15, 0.2) is 47.0 Å². The third-order valence-corrected chi connectivity index (χ3v) is 4.75. The molecule has 1 amide bonds. The number of benzene rings is 2. The molecular formula is C19H15Cl2N3O2. The molecule has 2 heterocycles. The summed E-state index contributed by atoms with van der Waals surface area (Å²) in [7, 11) is 0. The minimum Gasteiger partial charge on any atom is -0.438 e. The van der Waals surface area contributed by atoms with E-state index in [0.717, 1.165) is 22.5 Å². The first-order chi connectivity index (χ1) is 12.5. The van der Waals surface area contributed by atoms with Crippen molar-refractivity contribution in [3.8, 4) is 11.3 Å². The normalized spacial score (nSPS) is 14.0. The molecular weight excluding hydrogens is 373 g/mol. The highest BCUT2D eigenvalue weighted by Gasteiger charge is 2.19. The van der Waals surface area contributed by atoms with Gasteiger partial charge in [0.05, 0.1) is 17.6 Å². The lowest BCUT2D eigenvalue weighted by Gasteiger charge is -2.13. The number of carbonyl (C=O) groups excluding carboxylic acids is 1. The average molecular weight is 388 g/mol. The number of hydrogen-bond acceptors (Lipinski definition) is 4. The lowest BCUT2D eigenvalue weighted by atomic mass is 10.1. The Balaban J connectivity index is 1.53. The first-order valence-electron chi connectivity index (χ1n) is 8.10. The van der Waals surface area contributed by atoms with Gasteiger partial charge in [0.25, 0.3) is 0 Å². The van der Waals surface area contributed by atoms with Crippen molar-refractivity contribution in [2.45, 2.75) is 19.4 Å². The molecule has 7 heteroatoms. The number of fused-ring (bicyclic) bond motifs is 1. The van der Waals surface area contributed by atoms with Crippen LogP contribution in [0.5, 0.6) is 0 Å². The molecule has 132 valence electrons. The summed E-state index contributed by atoms with van der Waals surface area (Å²) >= 11 is 12.2. The number of carbonyl (C=O) groups is 1. The van der Waals surface area contributed by atoms with Crippen LogP contribution < -0.4 is 10.6 Å². The largest absolute Gasteiger partial charge is 0.438 e. The van der Waals surface area contributed by atoms with Crippen LogP contribution in [-0.2, 0) is 11.2 Å². The van der Waals surface area contributed by atoms with E-state index < -0.39 is 0 Å². The van der Waals surface area contributed by atoms with Gasteiger partial charge in [-0.05, 0) is 48.9 Å². The van der Waals surface area contributed by atoms with Crippen molar-refractivity contribution in [1.82, 2.24) is 4.98 Å². The van der Waals surface area contributed by atoms with Crippen molar-refractivity contribution in [2.75, 3.05) is 10.6 Å². The lowest BCUT2D eigenvalue weighted by Crippen LogP contribution is -2.07. The second-order valence-electron chi connectivity index (χ2n) is 6.15. The number of nitrogens with zero attached hydrogens (tertiary/aromatic N) is 1. The predicted molar refractivity (Wildman–Crippen MR) is 103 cm³/mol. The van der Waals surface area contributed by atoms with Crippen LogP contribution in [0, 0.1) is 0 Å². The molecule has 0 fully saturated rings. The predicted octanol–water partition coefficient (Wildman–Crippen LogP) is 5.32. The van der Waals surface area contributed by atoms with Gasteiger partial charge in [-0.3, -0.25) is 4.79 Å². The zero-order valence-corrected chi connectivity index (χ0v) is 15.4. The summed E-state index contributed by atoms with van der Waals surface area (Å²) in [5.41, 5.74) is 3.48. The van der Waals surface area contributed by atoms with E-state index in [4.69, 9.17) is 27.6 Å². The van der Waals surface area contributed by atoms with Crippen molar-refractivity contribution in [3.05, 3.63) is 64.1 Å². The van der Waals surface area contributed by atoms with Crippen molar-refractivity contribution in [1.29, 1.82) is 0 Å². The Hall–Kier alpha value is -2.50. The number of halogens is 2. The summed E-state index contributed by atoms with van der Waals surface area (Å²) in [5, 5.41) is 7.24. The van der Waals surface area contributed by atoms with Gasteiger partial charge in [-0.2, -0.15) is 0 Å². The third kappa shape index (κ3) is 3.28. The average Bonchev–Trinajstić information content (AvgIpc) is 3.20. The molecule has 2 aromatic carbocycles. The Bertz CT molecular complexity index is 1000. The van der Waals surface area contributed by atoms with E-state index in [1.165, 1.54) is 0 Å². The van der Waals surface area contributed by atoms with E-state index in [9.17, 15) is 4.79 Å². The first kappa shape index (κ1) is 16.9. The Morgan fingerprint density at radius 3 is 2.88 bits per heavy atom. The van der Waals surface area contributed by atoms with Crippen LogP contribution in [0.2, 0.25) is 10.0 Å². The summed E-state index contributed by atoms with van der Waals surface area (Å²) in [6, 6.07) is 10.8. The van der Waals surface area contributed by atoms with Gasteiger partial charge in [0.2, 0.25) is 11.8 Å². The fourth-order valence-electron chi connectivity index (χ4n) is 2.93. The highest BCUT2D eigenvalue weighted by atomic mass is 35.5.